The molecule has 2 amide bonds. The molecule has 4 heterocycles. The van der Waals surface area contributed by atoms with Crippen LogP contribution in [0.15, 0.2) is 48.5 Å². The molecule has 5 rings (SSSR count). The molecule has 0 spiro atoms. The van der Waals surface area contributed by atoms with Crippen LogP contribution in [-0.4, -0.2) is 65.5 Å². The number of hydrogen-bond donors (Lipinski definition) is 2. The van der Waals surface area contributed by atoms with Crippen LogP contribution < -0.4 is 25.0 Å². The van der Waals surface area contributed by atoms with Crippen LogP contribution in [0.1, 0.15) is 5.69 Å². The van der Waals surface area contributed by atoms with Crippen LogP contribution in [0.3, 0.4) is 0 Å². The highest BCUT2D eigenvalue weighted by Gasteiger charge is 2.23. The maximum Gasteiger partial charge on any atom is 0.321 e. The van der Waals surface area contributed by atoms with E-state index in [0.717, 1.165) is 17.3 Å². The number of pyridine rings is 1. The molecule has 1 saturated heterocycles. The molecule has 0 radical (unpaired) electrons. The summed E-state index contributed by atoms with van der Waals surface area (Å²) in [7, 11) is 0. The number of fused-ring (bicyclic) bond motifs is 1. The minimum Gasteiger partial charge on any atom is -0.486 e. The zero-order valence-electron chi connectivity index (χ0n) is 18.3. The second-order valence-electron chi connectivity index (χ2n) is 7.83. The molecule has 2 aliphatic heterocycles. The molecule has 0 saturated carbocycles. The van der Waals surface area contributed by atoms with E-state index in [1.807, 2.05) is 49.4 Å². The van der Waals surface area contributed by atoms with Crippen molar-refractivity contribution >= 4 is 29.2 Å². The number of ether oxygens (including phenoxy) is 2. The summed E-state index contributed by atoms with van der Waals surface area (Å²) in [6.07, 6.45) is 0. The molecule has 1 fully saturated rings. The normalized spacial score (nSPS) is 15.2. The Hall–Kier alpha value is -4.08. The molecule has 10 heteroatoms. The van der Waals surface area contributed by atoms with Crippen molar-refractivity contribution in [1.29, 1.82) is 0 Å². The van der Waals surface area contributed by atoms with Crippen molar-refractivity contribution in [3.8, 4) is 11.5 Å². The largest absolute Gasteiger partial charge is 0.486 e. The van der Waals surface area contributed by atoms with Gasteiger partial charge in [-0.3, -0.25) is 0 Å². The van der Waals surface area contributed by atoms with Crippen LogP contribution in [0.5, 0.6) is 11.5 Å². The Kier molecular flexibility index (Phi) is 5.79. The fourth-order valence-corrected chi connectivity index (χ4v) is 3.77. The van der Waals surface area contributed by atoms with Gasteiger partial charge in [0.15, 0.2) is 23.1 Å². The van der Waals surface area contributed by atoms with Gasteiger partial charge in [-0.05, 0) is 43.3 Å². The number of rotatable bonds is 4. The summed E-state index contributed by atoms with van der Waals surface area (Å²) >= 11 is 0. The Morgan fingerprint density at radius 2 is 1.73 bits per heavy atom. The average molecular weight is 447 g/mol. The molecule has 2 aliphatic rings. The number of nitrogens with zero attached hydrogens (tertiary/aromatic N) is 5. The number of piperazine rings is 1. The number of hydrogen-bond acceptors (Lipinski definition) is 8. The number of carbonyl (C=O) groups excluding carboxylic acids is 1. The third kappa shape index (κ3) is 4.89. The van der Waals surface area contributed by atoms with Gasteiger partial charge in [0, 0.05) is 43.6 Å². The lowest BCUT2D eigenvalue weighted by Gasteiger charge is -2.35. The molecular weight excluding hydrogens is 422 g/mol. The van der Waals surface area contributed by atoms with Crippen LogP contribution in [0.4, 0.5) is 27.9 Å². The predicted molar refractivity (Wildman–Crippen MR) is 125 cm³/mol. The lowest BCUT2D eigenvalue weighted by molar-refractivity contribution is 0.171. The van der Waals surface area contributed by atoms with Crippen molar-refractivity contribution in [3.63, 3.8) is 0 Å². The number of urea groups is 1. The number of benzene rings is 1. The molecule has 170 valence electrons. The lowest BCUT2D eigenvalue weighted by Crippen LogP contribution is -2.50. The van der Waals surface area contributed by atoms with E-state index in [4.69, 9.17) is 9.47 Å². The van der Waals surface area contributed by atoms with Gasteiger partial charge in [0.25, 0.3) is 0 Å². The van der Waals surface area contributed by atoms with E-state index in [1.54, 1.807) is 11.0 Å². The summed E-state index contributed by atoms with van der Waals surface area (Å²) in [4.78, 5) is 21.0. The summed E-state index contributed by atoms with van der Waals surface area (Å²) in [5.74, 6) is 3.50. The van der Waals surface area contributed by atoms with E-state index >= 15 is 0 Å². The second-order valence-corrected chi connectivity index (χ2v) is 7.83. The zero-order chi connectivity index (χ0) is 22.6. The Balaban J connectivity index is 1.14. The van der Waals surface area contributed by atoms with Crippen LogP contribution in [0, 0.1) is 6.92 Å². The van der Waals surface area contributed by atoms with E-state index in [0.29, 0.717) is 62.4 Å². The van der Waals surface area contributed by atoms with Crippen LogP contribution in [0.2, 0.25) is 0 Å². The standard InChI is InChI=1S/C23H25N7O3/c1-16-3-2-4-20(24-16)26-21-7-8-22(28-27-21)29-9-11-30(12-10-29)23(31)25-17-5-6-18-19(15-17)33-14-13-32-18/h2-8,15H,9-14H2,1H3,(H,25,31)(H,24,26,27). The first-order valence-corrected chi connectivity index (χ1v) is 10.9. The highest BCUT2D eigenvalue weighted by molar-refractivity contribution is 5.90. The first kappa shape index (κ1) is 20.8. The number of nitrogens with one attached hydrogen (secondary N) is 2. The number of carbonyl (C=O) groups is 1. The van der Waals surface area contributed by atoms with E-state index < -0.39 is 0 Å². The third-order valence-electron chi connectivity index (χ3n) is 5.48. The van der Waals surface area contributed by atoms with Gasteiger partial charge in [-0.15, -0.1) is 10.2 Å². The fraction of sp³-hybridized carbons (Fsp3) is 0.304. The molecular formula is C23H25N7O3. The van der Waals surface area contributed by atoms with Crippen molar-refractivity contribution in [3.05, 3.63) is 54.2 Å². The van der Waals surface area contributed by atoms with Crippen LogP contribution in [-0.2, 0) is 0 Å². The Labute approximate surface area is 191 Å². The Bertz CT molecular complexity index is 1130. The third-order valence-corrected chi connectivity index (χ3v) is 5.48. The van der Waals surface area contributed by atoms with Gasteiger partial charge in [0.05, 0.1) is 0 Å². The van der Waals surface area contributed by atoms with Crippen LogP contribution >= 0.6 is 0 Å². The lowest BCUT2D eigenvalue weighted by atomic mass is 10.2. The first-order valence-electron chi connectivity index (χ1n) is 10.9. The maximum absolute atomic E-state index is 12.7. The van der Waals surface area contributed by atoms with E-state index in [9.17, 15) is 4.79 Å². The minimum atomic E-state index is -0.136. The smallest absolute Gasteiger partial charge is 0.321 e. The molecule has 10 nitrogen and oxygen atoms in total. The SMILES string of the molecule is Cc1cccc(Nc2ccc(N3CCN(C(=O)Nc4ccc5c(c4)OCCO5)CC3)nn2)n1. The summed E-state index contributed by atoms with van der Waals surface area (Å²) in [5.41, 5.74) is 1.61. The highest BCUT2D eigenvalue weighted by atomic mass is 16.6. The van der Waals surface area contributed by atoms with Crippen LogP contribution in [0.25, 0.3) is 0 Å². The molecule has 2 N–H and O–H groups in total. The minimum absolute atomic E-state index is 0.136. The van der Waals surface area contributed by atoms with Crippen molar-refractivity contribution in [1.82, 2.24) is 20.1 Å². The van der Waals surface area contributed by atoms with Gasteiger partial charge < -0.3 is 29.9 Å². The zero-order valence-corrected chi connectivity index (χ0v) is 18.3. The van der Waals surface area contributed by atoms with Gasteiger partial charge in [-0.1, -0.05) is 6.07 Å². The first-order chi connectivity index (χ1) is 16.1. The van der Waals surface area contributed by atoms with E-state index in [1.165, 1.54) is 0 Å². The van der Waals surface area contributed by atoms with Gasteiger partial charge in [-0.2, -0.15) is 0 Å². The molecule has 0 atom stereocenters. The number of aryl methyl sites for hydroxylation is 1. The summed E-state index contributed by atoms with van der Waals surface area (Å²) < 4.78 is 11.1. The highest BCUT2D eigenvalue weighted by Crippen LogP contribution is 2.32. The van der Waals surface area contributed by atoms with Crippen molar-refractivity contribution in [2.24, 2.45) is 0 Å². The maximum atomic E-state index is 12.7. The topological polar surface area (TPSA) is 105 Å². The number of amides is 2. The molecule has 0 bridgehead atoms. The molecule has 3 aromatic rings. The van der Waals surface area contributed by atoms with Crippen molar-refractivity contribution < 1.29 is 14.3 Å². The Morgan fingerprint density at radius 1 is 0.909 bits per heavy atom. The monoisotopic (exact) mass is 447 g/mol. The fourth-order valence-electron chi connectivity index (χ4n) is 3.77. The average Bonchev–Trinajstić information content (AvgIpc) is 2.85. The van der Waals surface area contributed by atoms with Gasteiger partial charge in [0.2, 0.25) is 0 Å². The Morgan fingerprint density at radius 3 is 2.48 bits per heavy atom. The van der Waals surface area contributed by atoms with Gasteiger partial charge in [0.1, 0.15) is 19.0 Å². The van der Waals surface area contributed by atoms with Crippen molar-refractivity contribution in [2.75, 3.05) is 54.9 Å². The van der Waals surface area contributed by atoms with Gasteiger partial charge >= 0.3 is 6.03 Å². The predicted octanol–water partition coefficient (Wildman–Crippen LogP) is 3.05. The second kappa shape index (κ2) is 9.19. The molecule has 0 aliphatic carbocycles. The van der Waals surface area contributed by atoms with Gasteiger partial charge in [-0.25, -0.2) is 9.78 Å². The van der Waals surface area contributed by atoms with E-state index in [-0.39, 0.29) is 6.03 Å². The number of aromatic nitrogens is 3. The molecule has 1 aromatic carbocycles. The quantitative estimate of drug-likeness (QED) is 0.629. The summed E-state index contributed by atoms with van der Waals surface area (Å²) in [6.45, 7) is 5.52. The molecule has 2 aromatic heterocycles. The van der Waals surface area contributed by atoms with E-state index in [2.05, 4.69) is 30.7 Å². The molecule has 33 heavy (non-hydrogen) atoms. The molecule has 0 unspecified atom stereocenters. The summed E-state index contributed by atoms with van der Waals surface area (Å²) in [6, 6.07) is 14.9. The number of anilines is 4. The van der Waals surface area contributed by atoms with Crippen molar-refractivity contribution in [2.45, 2.75) is 6.92 Å². The summed E-state index contributed by atoms with van der Waals surface area (Å²) in [5, 5.41) is 14.7.